The average Bonchev–Trinajstić information content (AvgIpc) is 2.86. The van der Waals surface area contributed by atoms with Crippen LogP contribution in [-0.4, -0.2) is 16.8 Å². The van der Waals surface area contributed by atoms with Crippen LogP contribution < -0.4 is 5.32 Å². The fourth-order valence-corrected chi connectivity index (χ4v) is 4.56. The van der Waals surface area contributed by atoms with Gasteiger partial charge in [0.2, 0.25) is 11.8 Å². The third-order valence-electron chi connectivity index (χ3n) is 5.70. The fraction of sp³-hybridized carbons (Fsp3) is 0.474. The van der Waals surface area contributed by atoms with E-state index in [1.165, 1.54) is 12.3 Å². The van der Waals surface area contributed by atoms with Gasteiger partial charge in [0.25, 0.3) is 0 Å². The Labute approximate surface area is 143 Å². The van der Waals surface area contributed by atoms with Crippen LogP contribution in [0.2, 0.25) is 0 Å². The van der Waals surface area contributed by atoms with Gasteiger partial charge in [-0.15, -0.1) is 0 Å². The summed E-state index contributed by atoms with van der Waals surface area (Å²) >= 11 is 0. The number of rotatable bonds is 2. The number of carbonyl (C=O) groups excluding carboxylic acids is 1. The molecule has 0 aliphatic heterocycles. The summed E-state index contributed by atoms with van der Waals surface area (Å²) in [6.45, 7) is 0. The number of pyridine rings is 1. The van der Waals surface area contributed by atoms with Gasteiger partial charge in [-0.3, -0.25) is 9.78 Å². The zero-order valence-electron chi connectivity index (χ0n) is 13.7. The summed E-state index contributed by atoms with van der Waals surface area (Å²) in [5.41, 5.74) is -0.364. The van der Waals surface area contributed by atoms with Gasteiger partial charge >= 0.3 is 0 Å². The second-order valence-electron chi connectivity index (χ2n) is 7.33. The number of alkyl halides is 2. The van der Waals surface area contributed by atoms with Gasteiger partial charge in [-0.2, -0.15) is 0 Å². The fourth-order valence-electron chi connectivity index (χ4n) is 4.56. The maximum atomic E-state index is 14.0. The van der Waals surface area contributed by atoms with Crippen LogP contribution >= 0.6 is 0 Å². The van der Waals surface area contributed by atoms with Crippen LogP contribution in [0, 0.1) is 17.2 Å². The van der Waals surface area contributed by atoms with E-state index < -0.39 is 17.2 Å². The van der Waals surface area contributed by atoms with Gasteiger partial charge in [0.1, 0.15) is 11.3 Å². The molecular formula is C19H19F3N2O. The molecule has 3 nitrogen and oxygen atoms in total. The van der Waals surface area contributed by atoms with Crippen molar-refractivity contribution in [2.75, 3.05) is 5.32 Å². The molecule has 0 bridgehead atoms. The van der Waals surface area contributed by atoms with E-state index in [2.05, 4.69) is 10.3 Å². The quantitative estimate of drug-likeness (QED) is 0.837. The molecule has 2 aliphatic carbocycles. The molecule has 0 saturated heterocycles. The van der Waals surface area contributed by atoms with E-state index in [0.29, 0.717) is 23.9 Å². The minimum Gasteiger partial charge on any atom is -0.324 e. The van der Waals surface area contributed by atoms with Crippen molar-refractivity contribution in [1.82, 2.24) is 4.98 Å². The normalized spacial score (nSPS) is 27.9. The van der Waals surface area contributed by atoms with Crippen molar-refractivity contribution in [2.45, 2.75) is 44.4 Å². The number of hydrogen-bond donors (Lipinski definition) is 1. The molecule has 1 amide bonds. The lowest BCUT2D eigenvalue weighted by Crippen LogP contribution is -2.41. The highest BCUT2D eigenvalue weighted by Gasteiger charge is 2.60. The maximum Gasteiger partial charge on any atom is 0.249 e. The van der Waals surface area contributed by atoms with Crippen molar-refractivity contribution in [3.8, 4) is 0 Å². The number of carbonyl (C=O) groups is 1. The van der Waals surface area contributed by atoms with Crippen molar-refractivity contribution in [3.63, 3.8) is 0 Å². The molecule has 2 saturated carbocycles. The van der Waals surface area contributed by atoms with Crippen LogP contribution in [0.1, 0.15) is 38.5 Å². The first-order chi connectivity index (χ1) is 11.9. The van der Waals surface area contributed by atoms with Gasteiger partial charge in [-0.05, 0) is 30.9 Å². The molecule has 2 fully saturated rings. The third kappa shape index (κ3) is 2.77. The van der Waals surface area contributed by atoms with Gasteiger partial charge in [-0.1, -0.05) is 25.0 Å². The third-order valence-corrected chi connectivity index (χ3v) is 5.70. The molecule has 2 unspecified atom stereocenters. The van der Waals surface area contributed by atoms with Crippen LogP contribution in [0.15, 0.2) is 30.5 Å². The smallest absolute Gasteiger partial charge is 0.249 e. The van der Waals surface area contributed by atoms with Crippen LogP contribution in [-0.2, 0) is 4.79 Å². The minimum atomic E-state index is -2.78. The molecule has 0 radical (unpaired) electrons. The number of halogens is 3. The molecule has 1 aromatic carbocycles. The van der Waals surface area contributed by atoms with Crippen LogP contribution in [0.4, 0.5) is 18.9 Å². The number of aromatic nitrogens is 1. The lowest BCUT2D eigenvalue weighted by molar-refractivity contribution is -0.130. The number of anilines is 1. The molecule has 6 heteroatoms. The molecule has 2 aliphatic rings. The van der Waals surface area contributed by atoms with E-state index >= 15 is 0 Å². The summed E-state index contributed by atoms with van der Waals surface area (Å²) < 4.78 is 41.7. The standard InChI is InChI=1S/C19H19F3N2O/c20-15-6-3-4-12-8-14(10-23-16(12)15)24-17(25)18-7-2-1-5-13(18)9-19(21,22)11-18/h3-4,6,8,10,13H,1-2,5,7,9,11H2,(H,24,25). The molecule has 1 N–H and O–H groups in total. The van der Waals surface area contributed by atoms with Crippen molar-refractivity contribution in [3.05, 3.63) is 36.3 Å². The lowest BCUT2D eigenvalue weighted by Gasteiger charge is -2.37. The zero-order chi connectivity index (χ0) is 17.7. The second-order valence-corrected chi connectivity index (χ2v) is 7.33. The van der Waals surface area contributed by atoms with Gasteiger partial charge in [0.05, 0.1) is 17.3 Å². The lowest BCUT2D eigenvalue weighted by atomic mass is 9.67. The SMILES string of the molecule is O=C(Nc1cnc2c(F)cccc2c1)C12CCCCC1CC(F)(F)C2. The number of fused-ring (bicyclic) bond motifs is 2. The molecule has 132 valence electrons. The maximum absolute atomic E-state index is 14.0. The van der Waals surface area contributed by atoms with Gasteiger partial charge in [0.15, 0.2) is 0 Å². The van der Waals surface area contributed by atoms with Crippen LogP contribution in [0.5, 0.6) is 0 Å². The number of benzene rings is 1. The first-order valence-corrected chi connectivity index (χ1v) is 8.63. The Bertz CT molecular complexity index is 839. The number of amides is 1. The highest BCUT2D eigenvalue weighted by Crippen LogP contribution is 2.58. The van der Waals surface area contributed by atoms with Gasteiger partial charge < -0.3 is 5.32 Å². The summed E-state index contributed by atoms with van der Waals surface area (Å²) in [5, 5.41) is 3.33. The topological polar surface area (TPSA) is 42.0 Å². The van der Waals surface area contributed by atoms with E-state index in [1.807, 2.05) is 0 Å². The van der Waals surface area contributed by atoms with Crippen LogP contribution in [0.25, 0.3) is 10.9 Å². The van der Waals surface area contributed by atoms with Crippen LogP contribution in [0.3, 0.4) is 0 Å². The zero-order valence-corrected chi connectivity index (χ0v) is 13.7. The minimum absolute atomic E-state index is 0.207. The highest BCUT2D eigenvalue weighted by molar-refractivity contribution is 5.97. The Hall–Kier alpha value is -2.11. The Morgan fingerprint density at radius 2 is 2.12 bits per heavy atom. The molecule has 4 rings (SSSR count). The highest BCUT2D eigenvalue weighted by atomic mass is 19.3. The van der Waals surface area contributed by atoms with Crippen molar-refractivity contribution in [1.29, 1.82) is 0 Å². The molecule has 2 atom stereocenters. The Balaban J connectivity index is 1.63. The summed E-state index contributed by atoms with van der Waals surface area (Å²) in [6.07, 6.45) is 3.64. The summed E-state index contributed by atoms with van der Waals surface area (Å²) in [5.74, 6) is -3.84. The molecule has 1 aromatic heterocycles. The number of nitrogens with one attached hydrogen (secondary N) is 1. The van der Waals surface area contributed by atoms with Crippen molar-refractivity contribution in [2.24, 2.45) is 11.3 Å². The first-order valence-electron chi connectivity index (χ1n) is 8.63. The summed E-state index contributed by atoms with van der Waals surface area (Å²) in [6, 6.07) is 6.22. The average molecular weight is 348 g/mol. The van der Waals surface area contributed by atoms with E-state index in [0.717, 1.165) is 12.8 Å². The Morgan fingerprint density at radius 3 is 2.96 bits per heavy atom. The second kappa shape index (κ2) is 5.71. The predicted octanol–water partition coefficient (Wildman–Crippen LogP) is 4.92. The summed E-state index contributed by atoms with van der Waals surface area (Å²) in [4.78, 5) is 17.0. The molecule has 2 aromatic rings. The molecule has 0 spiro atoms. The number of hydrogen-bond acceptors (Lipinski definition) is 2. The van der Waals surface area contributed by atoms with E-state index in [9.17, 15) is 18.0 Å². The van der Waals surface area contributed by atoms with Gasteiger partial charge in [-0.25, -0.2) is 13.2 Å². The van der Waals surface area contributed by atoms with Crippen molar-refractivity contribution < 1.29 is 18.0 Å². The van der Waals surface area contributed by atoms with E-state index in [-0.39, 0.29) is 30.2 Å². The largest absolute Gasteiger partial charge is 0.324 e. The molecule has 1 heterocycles. The molecular weight excluding hydrogens is 329 g/mol. The number of para-hydroxylation sites is 1. The van der Waals surface area contributed by atoms with E-state index in [4.69, 9.17) is 0 Å². The van der Waals surface area contributed by atoms with Crippen molar-refractivity contribution >= 4 is 22.5 Å². The number of nitrogens with zero attached hydrogens (tertiary/aromatic N) is 1. The first kappa shape index (κ1) is 16.4. The predicted molar refractivity (Wildman–Crippen MR) is 88.9 cm³/mol. The molecule has 25 heavy (non-hydrogen) atoms. The summed E-state index contributed by atoms with van der Waals surface area (Å²) in [7, 11) is 0. The van der Waals surface area contributed by atoms with Gasteiger partial charge in [0, 0.05) is 18.2 Å². The van der Waals surface area contributed by atoms with E-state index in [1.54, 1.807) is 18.2 Å². The Morgan fingerprint density at radius 1 is 1.28 bits per heavy atom. The Kier molecular flexibility index (Phi) is 3.74. The monoisotopic (exact) mass is 348 g/mol.